The lowest BCUT2D eigenvalue weighted by molar-refractivity contribution is -0.122. The molecule has 0 saturated carbocycles. The van der Waals surface area contributed by atoms with Crippen molar-refractivity contribution in [2.45, 2.75) is 39.7 Å². The molecule has 2 aliphatic rings. The van der Waals surface area contributed by atoms with E-state index in [1.165, 1.54) is 0 Å². The second-order valence-electron chi connectivity index (χ2n) is 5.66. The fraction of sp³-hybridized carbons (Fsp3) is 0.600. The number of Topliss-reactive ketones (excluding diaryl/α,β-unsaturated/α-hetero) is 1. The molecule has 1 aliphatic carbocycles. The second kappa shape index (κ2) is 4.71. The lowest BCUT2D eigenvalue weighted by Gasteiger charge is -2.24. The van der Waals surface area contributed by atoms with Gasteiger partial charge in [-0.15, -0.1) is 0 Å². The Morgan fingerprint density at radius 3 is 2.83 bits per heavy atom. The molecular weight excluding hydrogens is 226 g/mol. The number of carbonyl (C=O) groups is 1. The quantitative estimate of drug-likeness (QED) is 0.769. The molecular formula is C15H21NO2. The molecule has 1 aliphatic heterocycles. The molecule has 0 fully saturated rings. The molecule has 0 aromatic rings. The molecule has 0 aromatic carbocycles. The first-order valence-corrected chi connectivity index (χ1v) is 6.59. The summed E-state index contributed by atoms with van der Waals surface area (Å²) in [6, 6.07) is 0. The van der Waals surface area contributed by atoms with Crippen LogP contribution in [0.15, 0.2) is 28.8 Å². The number of allylic oxidation sites excluding steroid dienone is 3. The minimum absolute atomic E-state index is 0.0370. The molecule has 2 rings (SSSR count). The third kappa shape index (κ3) is 2.40. The van der Waals surface area contributed by atoms with E-state index in [1.54, 1.807) is 0 Å². The van der Waals surface area contributed by atoms with Crippen molar-refractivity contribution in [1.29, 1.82) is 0 Å². The zero-order chi connectivity index (χ0) is 13.3. The van der Waals surface area contributed by atoms with Crippen LogP contribution in [0.4, 0.5) is 0 Å². The molecule has 3 nitrogen and oxygen atoms in total. The Morgan fingerprint density at radius 2 is 2.28 bits per heavy atom. The van der Waals surface area contributed by atoms with Gasteiger partial charge in [-0.2, -0.15) is 0 Å². The molecule has 98 valence electrons. The summed E-state index contributed by atoms with van der Waals surface area (Å²) in [4.78, 5) is 16.5. The maximum atomic E-state index is 11.9. The maximum Gasteiger partial charge on any atom is 0.212 e. The molecule has 0 bridgehead atoms. The average molecular weight is 247 g/mol. The van der Waals surface area contributed by atoms with Gasteiger partial charge in [0.25, 0.3) is 0 Å². The largest absolute Gasteiger partial charge is 0.475 e. The lowest BCUT2D eigenvalue weighted by Crippen LogP contribution is -2.26. The normalized spacial score (nSPS) is 29.6. The van der Waals surface area contributed by atoms with Gasteiger partial charge in [0.05, 0.1) is 5.54 Å². The van der Waals surface area contributed by atoms with Crippen LogP contribution in [0.1, 0.15) is 34.1 Å². The van der Waals surface area contributed by atoms with Crippen LogP contribution in [-0.4, -0.2) is 23.8 Å². The van der Waals surface area contributed by atoms with Crippen molar-refractivity contribution in [2.24, 2.45) is 16.8 Å². The van der Waals surface area contributed by atoms with E-state index in [0.29, 0.717) is 18.9 Å². The topological polar surface area (TPSA) is 38.7 Å². The SMILES string of the molecule is CCC(=O)[C@@H]1C=CC=C(C2=NC(C)(C)CO2)[C@H]1C. The summed E-state index contributed by atoms with van der Waals surface area (Å²) in [5, 5.41) is 0. The van der Waals surface area contributed by atoms with Crippen LogP contribution in [0.25, 0.3) is 0 Å². The Labute approximate surface area is 109 Å². The molecule has 2 atom stereocenters. The molecule has 0 unspecified atom stereocenters. The summed E-state index contributed by atoms with van der Waals surface area (Å²) in [6.07, 6.45) is 6.53. The Hall–Kier alpha value is -1.38. The number of rotatable bonds is 3. The van der Waals surface area contributed by atoms with E-state index in [2.05, 4.69) is 25.8 Å². The molecule has 18 heavy (non-hydrogen) atoms. The first-order valence-electron chi connectivity index (χ1n) is 6.59. The summed E-state index contributed by atoms with van der Waals surface area (Å²) in [5.41, 5.74) is 0.899. The van der Waals surface area contributed by atoms with Gasteiger partial charge in [0.1, 0.15) is 12.4 Å². The third-order valence-corrected chi connectivity index (χ3v) is 3.56. The summed E-state index contributed by atoms with van der Waals surface area (Å²) >= 11 is 0. The Balaban J connectivity index is 2.23. The van der Waals surface area contributed by atoms with Crippen molar-refractivity contribution in [3.05, 3.63) is 23.8 Å². The van der Waals surface area contributed by atoms with E-state index in [-0.39, 0.29) is 23.2 Å². The molecule has 0 saturated heterocycles. The van der Waals surface area contributed by atoms with Crippen molar-refractivity contribution in [3.8, 4) is 0 Å². The van der Waals surface area contributed by atoms with Gasteiger partial charge in [-0.05, 0) is 19.8 Å². The monoisotopic (exact) mass is 247 g/mol. The molecule has 0 radical (unpaired) electrons. The fourth-order valence-corrected chi connectivity index (χ4v) is 2.41. The van der Waals surface area contributed by atoms with E-state index in [4.69, 9.17) is 4.74 Å². The number of ether oxygens (including phenoxy) is 1. The highest BCUT2D eigenvalue weighted by molar-refractivity contribution is 5.97. The van der Waals surface area contributed by atoms with Crippen LogP contribution in [0.3, 0.4) is 0 Å². The highest BCUT2D eigenvalue weighted by atomic mass is 16.5. The standard InChI is InChI=1S/C15H21NO2/c1-5-13(17)11-7-6-8-12(10(11)2)14-16-15(3,4)9-18-14/h6-8,10-11H,5,9H2,1-4H3/t10-,11+/m0/s1. The predicted octanol–water partition coefficient (Wildman–Crippen LogP) is 2.92. The van der Waals surface area contributed by atoms with Crippen LogP contribution >= 0.6 is 0 Å². The van der Waals surface area contributed by atoms with Gasteiger partial charge in [-0.3, -0.25) is 4.79 Å². The van der Waals surface area contributed by atoms with Crippen molar-refractivity contribution in [2.75, 3.05) is 6.61 Å². The summed E-state index contributed by atoms with van der Waals surface area (Å²) in [7, 11) is 0. The zero-order valence-electron chi connectivity index (χ0n) is 11.6. The van der Waals surface area contributed by atoms with Gasteiger partial charge in [-0.1, -0.05) is 32.1 Å². The number of carbonyl (C=O) groups excluding carboxylic acids is 1. The summed E-state index contributed by atoms with van der Waals surface area (Å²) < 4.78 is 5.68. The van der Waals surface area contributed by atoms with Gasteiger partial charge >= 0.3 is 0 Å². The highest BCUT2D eigenvalue weighted by Crippen LogP contribution is 2.32. The Morgan fingerprint density at radius 1 is 1.56 bits per heavy atom. The van der Waals surface area contributed by atoms with E-state index >= 15 is 0 Å². The van der Waals surface area contributed by atoms with Crippen molar-refractivity contribution >= 4 is 11.7 Å². The number of ketones is 1. The first kappa shape index (κ1) is 13.1. The predicted molar refractivity (Wildman–Crippen MR) is 72.6 cm³/mol. The second-order valence-corrected chi connectivity index (χ2v) is 5.66. The van der Waals surface area contributed by atoms with Gasteiger partial charge in [0.15, 0.2) is 0 Å². The van der Waals surface area contributed by atoms with Gasteiger partial charge in [0, 0.05) is 17.9 Å². The summed E-state index contributed by atoms with van der Waals surface area (Å²) in [5.74, 6) is 1.10. The molecule has 3 heteroatoms. The Kier molecular flexibility index (Phi) is 3.42. The van der Waals surface area contributed by atoms with Gasteiger partial charge < -0.3 is 4.74 Å². The fourth-order valence-electron chi connectivity index (χ4n) is 2.41. The molecule has 0 N–H and O–H groups in total. The van der Waals surface area contributed by atoms with Crippen LogP contribution in [0, 0.1) is 11.8 Å². The maximum absolute atomic E-state index is 11.9. The lowest BCUT2D eigenvalue weighted by atomic mass is 9.80. The zero-order valence-corrected chi connectivity index (χ0v) is 11.6. The van der Waals surface area contributed by atoms with E-state index in [9.17, 15) is 4.79 Å². The van der Waals surface area contributed by atoms with E-state index in [1.807, 2.05) is 25.2 Å². The Bertz CT molecular complexity index is 443. The molecule has 0 spiro atoms. The minimum Gasteiger partial charge on any atom is -0.475 e. The van der Waals surface area contributed by atoms with Crippen molar-refractivity contribution in [3.63, 3.8) is 0 Å². The van der Waals surface area contributed by atoms with Gasteiger partial charge in [-0.25, -0.2) is 4.99 Å². The number of nitrogens with zero attached hydrogens (tertiary/aromatic N) is 1. The van der Waals surface area contributed by atoms with Crippen LogP contribution in [0.2, 0.25) is 0 Å². The molecule has 0 aromatic heterocycles. The number of hydrogen-bond acceptors (Lipinski definition) is 3. The average Bonchev–Trinajstić information content (AvgIpc) is 2.69. The van der Waals surface area contributed by atoms with Crippen LogP contribution in [0.5, 0.6) is 0 Å². The first-order chi connectivity index (χ1) is 8.44. The van der Waals surface area contributed by atoms with Gasteiger partial charge in [0.2, 0.25) is 5.90 Å². The number of hydrogen-bond donors (Lipinski definition) is 0. The number of aliphatic imine (C=N–C) groups is 1. The van der Waals surface area contributed by atoms with E-state index in [0.717, 1.165) is 5.57 Å². The van der Waals surface area contributed by atoms with Crippen LogP contribution < -0.4 is 0 Å². The molecule has 0 amide bonds. The highest BCUT2D eigenvalue weighted by Gasteiger charge is 2.34. The summed E-state index contributed by atoms with van der Waals surface area (Å²) in [6.45, 7) is 8.71. The minimum atomic E-state index is -0.151. The van der Waals surface area contributed by atoms with Crippen molar-refractivity contribution < 1.29 is 9.53 Å². The van der Waals surface area contributed by atoms with Crippen molar-refractivity contribution in [1.82, 2.24) is 0 Å². The molecule has 1 heterocycles. The van der Waals surface area contributed by atoms with Crippen LogP contribution in [-0.2, 0) is 9.53 Å². The third-order valence-electron chi connectivity index (χ3n) is 3.56. The smallest absolute Gasteiger partial charge is 0.212 e. The van der Waals surface area contributed by atoms with E-state index < -0.39 is 0 Å².